The molecule has 1 aliphatic heterocycles. The second kappa shape index (κ2) is 6.14. The van der Waals surface area contributed by atoms with Crippen LogP contribution in [0.2, 0.25) is 0 Å². The van der Waals surface area contributed by atoms with Gasteiger partial charge in [0.1, 0.15) is 6.54 Å². The van der Waals surface area contributed by atoms with Gasteiger partial charge in [-0.1, -0.05) is 0 Å². The molecular formula is C13H17NO4. The maximum atomic E-state index is 11.2. The molecule has 0 unspecified atom stereocenters. The van der Waals surface area contributed by atoms with Crippen LogP contribution in [0.3, 0.4) is 0 Å². The summed E-state index contributed by atoms with van der Waals surface area (Å²) in [5.41, 5.74) is 0.812. The smallest absolute Gasteiger partial charge is 0.325 e. The van der Waals surface area contributed by atoms with Crippen molar-refractivity contribution in [3.05, 3.63) is 18.2 Å². The van der Waals surface area contributed by atoms with Crippen LogP contribution < -0.4 is 14.8 Å². The second-order valence-electron chi connectivity index (χ2n) is 3.87. The van der Waals surface area contributed by atoms with Gasteiger partial charge in [0.2, 0.25) is 0 Å². The van der Waals surface area contributed by atoms with Crippen molar-refractivity contribution in [2.24, 2.45) is 0 Å². The van der Waals surface area contributed by atoms with E-state index < -0.39 is 0 Å². The number of nitrogens with one attached hydrogen (secondary N) is 1. The minimum absolute atomic E-state index is 0.146. The van der Waals surface area contributed by atoms with E-state index in [4.69, 9.17) is 14.2 Å². The van der Waals surface area contributed by atoms with Gasteiger partial charge in [0, 0.05) is 18.2 Å². The van der Waals surface area contributed by atoms with Gasteiger partial charge in [0.25, 0.3) is 0 Å². The monoisotopic (exact) mass is 251 g/mol. The molecule has 0 spiro atoms. The Morgan fingerprint density at radius 3 is 2.89 bits per heavy atom. The number of hydrogen-bond donors (Lipinski definition) is 1. The topological polar surface area (TPSA) is 56.8 Å². The summed E-state index contributed by atoms with van der Waals surface area (Å²) in [4.78, 5) is 11.2. The van der Waals surface area contributed by atoms with E-state index in [-0.39, 0.29) is 12.5 Å². The van der Waals surface area contributed by atoms with Crippen LogP contribution in [0.25, 0.3) is 0 Å². The van der Waals surface area contributed by atoms with Gasteiger partial charge in [-0.15, -0.1) is 0 Å². The van der Waals surface area contributed by atoms with E-state index >= 15 is 0 Å². The molecule has 1 aromatic rings. The lowest BCUT2D eigenvalue weighted by atomic mass is 10.2. The number of rotatable bonds is 4. The molecule has 2 rings (SSSR count). The number of carbonyl (C=O) groups is 1. The highest BCUT2D eigenvalue weighted by Crippen LogP contribution is 2.32. The third-order valence-electron chi connectivity index (χ3n) is 2.49. The first-order chi connectivity index (χ1) is 8.79. The zero-order valence-corrected chi connectivity index (χ0v) is 10.4. The van der Waals surface area contributed by atoms with Gasteiger partial charge in [-0.05, 0) is 19.1 Å². The number of hydrogen-bond acceptors (Lipinski definition) is 5. The molecule has 98 valence electrons. The van der Waals surface area contributed by atoms with Crippen LogP contribution in [0.1, 0.15) is 13.3 Å². The van der Waals surface area contributed by atoms with Crippen LogP contribution >= 0.6 is 0 Å². The van der Waals surface area contributed by atoms with Crippen LogP contribution in [0.5, 0.6) is 11.5 Å². The Hall–Kier alpha value is -1.91. The van der Waals surface area contributed by atoms with Crippen LogP contribution in [0.4, 0.5) is 5.69 Å². The molecule has 18 heavy (non-hydrogen) atoms. The van der Waals surface area contributed by atoms with Crippen molar-refractivity contribution in [2.45, 2.75) is 13.3 Å². The predicted molar refractivity (Wildman–Crippen MR) is 67.2 cm³/mol. The molecule has 0 saturated heterocycles. The van der Waals surface area contributed by atoms with Crippen LogP contribution in [-0.4, -0.2) is 32.3 Å². The number of carbonyl (C=O) groups excluding carboxylic acids is 1. The van der Waals surface area contributed by atoms with Gasteiger partial charge in [-0.2, -0.15) is 0 Å². The average molecular weight is 251 g/mol. The molecule has 5 nitrogen and oxygen atoms in total. The van der Waals surface area contributed by atoms with E-state index in [1.54, 1.807) is 6.92 Å². The number of fused-ring (bicyclic) bond motifs is 1. The Balaban J connectivity index is 1.97. The van der Waals surface area contributed by atoms with E-state index in [9.17, 15) is 4.79 Å². The summed E-state index contributed by atoms with van der Waals surface area (Å²) in [6.07, 6.45) is 0.875. The van der Waals surface area contributed by atoms with Gasteiger partial charge in [0.15, 0.2) is 11.5 Å². The normalized spacial score (nSPS) is 13.6. The van der Waals surface area contributed by atoms with Crippen LogP contribution in [-0.2, 0) is 9.53 Å². The number of benzene rings is 1. The average Bonchev–Trinajstić information content (AvgIpc) is 2.61. The molecule has 1 aromatic carbocycles. The van der Waals surface area contributed by atoms with Gasteiger partial charge < -0.3 is 19.5 Å². The first kappa shape index (κ1) is 12.5. The highest BCUT2D eigenvalue weighted by Gasteiger charge is 2.11. The Morgan fingerprint density at radius 2 is 2.11 bits per heavy atom. The van der Waals surface area contributed by atoms with Crippen molar-refractivity contribution in [3.63, 3.8) is 0 Å². The lowest BCUT2D eigenvalue weighted by Crippen LogP contribution is -2.16. The summed E-state index contributed by atoms with van der Waals surface area (Å²) in [6.45, 7) is 3.64. The molecule has 0 saturated carbocycles. The fourth-order valence-electron chi connectivity index (χ4n) is 1.66. The van der Waals surface area contributed by atoms with Crippen molar-refractivity contribution in [3.8, 4) is 11.5 Å². The third kappa shape index (κ3) is 3.29. The van der Waals surface area contributed by atoms with E-state index in [0.717, 1.165) is 17.9 Å². The summed E-state index contributed by atoms with van der Waals surface area (Å²) >= 11 is 0. The standard InChI is InChI=1S/C13H17NO4/c1-2-16-13(15)9-14-10-4-5-11-12(8-10)18-7-3-6-17-11/h4-5,8,14H,2-3,6-7,9H2,1H3. The summed E-state index contributed by atoms with van der Waals surface area (Å²) < 4.78 is 15.9. The van der Waals surface area contributed by atoms with Gasteiger partial charge >= 0.3 is 5.97 Å². The molecule has 5 heteroatoms. The van der Waals surface area contributed by atoms with Gasteiger partial charge in [-0.25, -0.2) is 0 Å². The molecule has 0 fully saturated rings. The van der Waals surface area contributed by atoms with E-state index in [1.165, 1.54) is 0 Å². The number of esters is 1. The Morgan fingerprint density at radius 1 is 1.33 bits per heavy atom. The first-order valence-electron chi connectivity index (χ1n) is 6.08. The van der Waals surface area contributed by atoms with E-state index in [0.29, 0.717) is 25.6 Å². The molecule has 0 amide bonds. The molecule has 0 aliphatic carbocycles. The molecule has 0 aromatic heterocycles. The maximum Gasteiger partial charge on any atom is 0.325 e. The zero-order valence-electron chi connectivity index (χ0n) is 10.4. The summed E-state index contributed by atoms with van der Waals surface area (Å²) in [7, 11) is 0. The Kier molecular flexibility index (Phi) is 4.28. The largest absolute Gasteiger partial charge is 0.490 e. The quantitative estimate of drug-likeness (QED) is 0.827. The Labute approximate surface area is 106 Å². The molecule has 0 bridgehead atoms. The summed E-state index contributed by atoms with van der Waals surface area (Å²) in [5.74, 6) is 1.18. The third-order valence-corrected chi connectivity index (χ3v) is 2.49. The SMILES string of the molecule is CCOC(=O)CNc1ccc2c(c1)OCCCO2. The molecule has 1 aliphatic rings. The lowest BCUT2D eigenvalue weighted by Gasteiger charge is -2.10. The minimum atomic E-state index is -0.274. The second-order valence-corrected chi connectivity index (χ2v) is 3.87. The summed E-state index contributed by atoms with van der Waals surface area (Å²) in [5, 5.41) is 2.99. The van der Waals surface area contributed by atoms with Crippen LogP contribution in [0.15, 0.2) is 18.2 Å². The van der Waals surface area contributed by atoms with Crippen molar-refractivity contribution in [1.82, 2.24) is 0 Å². The van der Waals surface area contributed by atoms with Crippen molar-refractivity contribution in [2.75, 3.05) is 31.7 Å². The molecule has 0 atom stereocenters. The highest BCUT2D eigenvalue weighted by atomic mass is 16.5. The van der Waals surface area contributed by atoms with Gasteiger partial charge in [-0.3, -0.25) is 4.79 Å². The highest BCUT2D eigenvalue weighted by molar-refractivity contribution is 5.75. The lowest BCUT2D eigenvalue weighted by molar-refractivity contribution is -0.140. The maximum absolute atomic E-state index is 11.2. The Bertz CT molecular complexity index is 419. The zero-order chi connectivity index (χ0) is 12.8. The van der Waals surface area contributed by atoms with Crippen molar-refractivity contribution >= 4 is 11.7 Å². The van der Waals surface area contributed by atoms with Crippen LogP contribution in [0, 0.1) is 0 Å². The van der Waals surface area contributed by atoms with Crippen molar-refractivity contribution < 1.29 is 19.0 Å². The van der Waals surface area contributed by atoms with E-state index in [2.05, 4.69) is 5.32 Å². The van der Waals surface area contributed by atoms with E-state index in [1.807, 2.05) is 18.2 Å². The fraction of sp³-hybridized carbons (Fsp3) is 0.462. The molecule has 0 radical (unpaired) electrons. The number of ether oxygens (including phenoxy) is 3. The minimum Gasteiger partial charge on any atom is -0.490 e. The molecule has 1 heterocycles. The first-order valence-corrected chi connectivity index (χ1v) is 6.08. The number of anilines is 1. The molecular weight excluding hydrogens is 234 g/mol. The fourth-order valence-corrected chi connectivity index (χ4v) is 1.66. The summed E-state index contributed by atoms with van der Waals surface area (Å²) in [6, 6.07) is 5.53. The van der Waals surface area contributed by atoms with Gasteiger partial charge in [0.05, 0.1) is 19.8 Å². The van der Waals surface area contributed by atoms with Crippen molar-refractivity contribution in [1.29, 1.82) is 0 Å². The predicted octanol–water partition coefficient (Wildman–Crippen LogP) is 1.82. The molecule has 1 N–H and O–H groups in total.